The van der Waals surface area contributed by atoms with Crippen LogP contribution in [0.1, 0.15) is 17.2 Å². The number of hydrogen-bond acceptors (Lipinski definition) is 4. The molecule has 2 rings (SSSR count). The lowest BCUT2D eigenvalue weighted by atomic mass is 10.1. The number of primary amides is 1. The Hall–Kier alpha value is -2.87. The lowest BCUT2D eigenvalue weighted by Gasteiger charge is -2.16. The normalized spacial score (nSPS) is 11.3. The molecule has 1 heterocycles. The van der Waals surface area contributed by atoms with Gasteiger partial charge in [-0.2, -0.15) is 5.26 Å². The minimum absolute atomic E-state index is 0.345. The van der Waals surface area contributed by atoms with E-state index in [1.54, 1.807) is 30.5 Å². The lowest BCUT2D eigenvalue weighted by Crippen LogP contribution is -2.28. The van der Waals surface area contributed by atoms with E-state index in [0.717, 1.165) is 5.56 Å². The summed E-state index contributed by atoms with van der Waals surface area (Å²) in [6, 6.07) is 13.6. The van der Waals surface area contributed by atoms with Crippen molar-refractivity contribution in [3.63, 3.8) is 0 Å². The van der Waals surface area contributed by atoms with Crippen LogP contribution in [0.2, 0.25) is 0 Å². The number of hydrogen-bond donors (Lipinski definition) is 2. The van der Waals surface area contributed by atoms with Crippen LogP contribution in [0.5, 0.6) is 0 Å². The van der Waals surface area contributed by atoms with Gasteiger partial charge in [0.1, 0.15) is 17.9 Å². The monoisotopic (exact) mass is 252 g/mol. The largest absolute Gasteiger partial charge is 0.368 e. The predicted molar refractivity (Wildman–Crippen MR) is 71.0 cm³/mol. The summed E-state index contributed by atoms with van der Waals surface area (Å²) in [7, 11) is 0. The Morgan fingerprint density at radius 1 is 1.26 bits per heavy atom. The summed E-state index contributed by atoms with van der Waals surface area (Å²) in [5, 5.41) is 11.9. The number of rotatable bonds is 4. The molecule has 0 bridgehead atoms. The van der Waals surface area contributed by atoms with Crippen LogP contribution in [0.3, 0.4) is 0 Å². The summed E-state index contributed by atoms with van der Waals surface area (Å²) >= 11 is 0. The highest BCUT2D eigenvalue weighted by Crippen LogP contribution is 2.20. The van der Waals surface area contributed by atoms with Crippen molar-refractivity contribution in [1.82, 2.24) is 4.98 Å². The highest BCUT2D eigenvalue weighted by atomic mass is 16.1. The number of carbonyl (C=O) groups is 1. The molecule has 0 unspecified atom stereocenters. The molecule has 2 aromatic rings. The molecule has 1 aromatic heterocycles. The smallest absolute Gasteiger partial charge is 0.244 e. The standard InChI is InChI=1S/C14H12N4O/c15-9-11-7-4-8-17-14(11)18-12(13(16)19)10-5-2-1-3-6-10/h1-8,12H,(H2,16,19)(H,17,18)/t12-/m0/s1. The van der Waals surface area contributed by atoms with Crippen molar-refractivity contribution in [3.8, 4) is 6.07 Å². The summed E-state index contributed by atoms with van der Waals surface area (Å²) in [4.78, 5) is 15.6. The van der Waals surface area contributed by atoms with Gasteiger partial charge in [-0.3, -0.25) is 4.79 Å². The van der Waals surface area contributed by atoms with Crippen molar-refractivity contribution in [2.45, 2.75) is 6.04 Å². The summed E-state index contributed by atoms with van der Waals surface area (Å²) in [6.45, 7) is 0. The summed E-state index contributed by atoms with van der Waals surface area (Å²) < 4.78 is 0. The second-order valence-electron chi connectivity index (χ2n) is 3.90. The Balaban J connectivity index is 2.33. The molecule has 0 aliphatic carbocycles. The Labute approximate surface area is 110 Å². The number of amides is 1. The van der Waals surface area contributed by atoms with E-state index < -0.39 is 11.9 Å². The SMILES string of the molecule is N#Cc1cccnc1N[C@H](C(N)=O)c1ccccc1. The molecule has 94 valence electrons. The van der Waals surface area contributed by atoms with Crippen molar-refractivity contribution in [2.75, 3.05) is 5.32 Å². The second-order valence-corrected chi connectivity index (χ2v) is 3.90. The maximum Gasteiger partial charge on any atom is 0.244 e. The van der Waals surface area contributed by atoms with Gasteiger partial charge in [-0.05, 0) is 17.7 Å². The summed E-state index contributed by atoms with van der Waals surface area (Å²) in [6.07, 6.45) is 1.55. The van der Waals surface area contributed by atoms with Gasteiger partial charge in [-0.15, -0.1) is 0 Å². The van der Waals surface area contributed by atoms with Crippen LogP contribution < -0.4 is 11.1 Å². The zero-order valence-corrected chi connectivity index (χ0v) is 10.1. The Bertz CT molecular complexity index is 619. The van der Waals surface area contributed by atoms with E-state index in [-0.39, 0.29) is 0 Å². The highest BCUT2D eigenvalue weighted by molar-refractivity contribution is 5.84. The fraction of sp³-hybridized carbons (Fsp3) is 0.0714. The van der Waals surface area contributed by atoms with Crippen LogP contribution in [0.4, 0.5) is 5.82 Å². The zero-order valence-electron chi connectivity index (χ0n) is 10.1. The fourth-order valence-electron chi connectivity index (χ4n) is 1.71. The van der Waals surface area contributed by atoms with Crippen LogP contribution in [0, 0.1) is 11.3 Å². The first kappa shape index (κ1) is 12.6. The van der Waals surface area contributed by atoms with Crippen LogP contribution in [-0.2, 0) is 4.79 Å². The lowest BCUT2D eigenvalue weighted by molar-refractivity contribution is -0.118. The third-order valence-corrected chi connectivity index (χ3v) is 2.63. The van der Waals surface area contributed by atoms with E-state index in [4.69, 9.17) is 11.0 Å². The number of nitriles is 1. The van der Waals surface area contributed by atoms with Gasteiger partial charge in [-0.1, -0.05) is 30.3 Å². The number of aromatic nitrogens is 1. The van der Waals surface area contributed by atoms with E-state index in [9.17, 15) is 4.79 Å². The van der Waals surface area contributed by atoms with Crippen molar-refractivity contribution < 1.29 is 4.79 Å². The molecule has 1 amide bonds. The number of benzene rings is 1. The first-order valence-electron chi connectivity index (χ1n) is 5.68. The highest BCUT2D eigenvalue weighted by Gasteiger charge is 2.18. The zero-order chi connectivity index (χ0) is 13.7. The quantitative estimate of drug-likeness (QED) is 0.864. The van der Waals surface area contributed by atoms with E-state index >= 15 is 0 Å². The summed E-state index contributed by atoms with van der Waals surface area (Å²) in [5.74, 6) is -0.182. The molecule has 0 saturated heterocycles. The number of carbonyl (C=O) groups excluding carboxylic acids is 1. The molecule has 5 nitrogen and oxygen atoms in total. The molecular weight excluding hydrogens is 240 g/mol. The van der Waals surface area contributed by atoms with Gasteiger partial charge in [-0.25, -0.2) is 4.98 Å². The molecule has 0 aliphatic rings. The Kier molecular flexibility index (Phi) is 3.74. The van der Waals surface area contributed by atoms with Crippen molar-refractivity contribution >= 4 is 11.7 Å². The second kappa shape index (κ2) is 5.65. The van der Waals surface area contributed by atoms with Crippen LogP contribution >= 0.6 is 0 Å². The average Bonchev–Trinajstić information content (AvgIpc) is 2.45. The maximum atomic E-state index is 11.6. The number of pyridine rings is 1. The van der Waals surface area contributed by atoms with Gasteiger partial charge in [0.15, 0.2) is 0 Å². The van der Waals surface area contributed by atoms with Gasteiger partial charge < -0.3 is 11.1 Å². The van der Waals surface area contributed by atoms with Crippen molar-refractivity contribution in [2.24, 2.45) is 5.73 Å². The van der Waals surface area contributed by atoms with Crippen molar-refractivity contribution in [1.29, 1.82) is 5.26 Å². The maximum absolute atomic E-state index is 11.6. The Morgan fingerprint density at radius 3 is 2.63 bits per heavy atom. The van der Waals surface area contributed by atoms with Crippen molar-refractivity contribution in [3.05, 3.63) is 59.8 Å². The number of nitrogens with one attached hydrogen (secondary N) is 1. The molecular formula is C14H12N4O. The number of nitrogens with zero attached hydrogens (tertiary/aromatic N) is 2. The van der Waals surface area contributed by atoms with Gasteiger partial charge >= 0.3 is 0 Å². The van der Waals surface area contributed by atoms with Crippen LogP contribution in [0.15, 0.2) is 48.7 Å². The van der Waals surface area contributed by atoms with Crippen LogP contribution in [-0.4, -0.2) is 10.9 Å². The van der Waals surface area contributed by atoms with E-state index in [1.807, 2.05) is 24.3 Å². The molecule has 0 aliphatic heterocycles. The minimum Gasteiger partial charge on any atom is -0.368 e. The van der Waals surface area contributed by atoms with Gasteiger partial charge in [0.25, 0.3) is 0 Å². The summed E-state index contributed by atoms with van der Waals surface area (Å²) in [5.41, 5.74) is 6.49. The van der Waals surface area contributed by atoms with E-state index in [0.29, 0.717) is 11.4 Å². The molecule has 1 atom stereocenters. The third kappa shape index (κ3) is 2.87. The molecule has 0 saturated carbocycles. The molecule has 5 heteroatoms. The van der Waals surface area contributed by atoms with Gasteiger partial charge in [0.2, 0.25) is 5.91 Å². The average molecular weight is 252 g/mol. The third-order valence-electron chi connectivity index (χ3n) is 2.63. The molecule has 0 spiro atoms. The Morgan fingerprint density at radius 2 is 2.00 bits per heavy atom. The first-order valence-corrected chi connectivity index (χ1v) is 5.68. The fourth-order valence-corrected chi connectivity index (χ4v) is 1.71. The van der Waals surface area contributed by atoms with Crippen LogP contribution in [0.25, 0.3) is 0 Å². The topological polar surface area (TPSA) is 91.8 Å². The number of anilines is 1. The molecule has 3 N–H and O–H groups in total. The number of nitrogens with two attached hydrogens (primary N) is 1. The minimum atomic E-state index is -0.719. The predicted octanol–water partition coefficient (Wildman–Crippen LogP) is 1.59. The molecule has 0 radical (unpaired) electrons. The first-order chi connectivity index (χ1) is 9.22. The molecule has 1 aromatic carbocycles. The van der Waals surface area contributed by atoms with E-state index in [2.05, 4.69) is 10.3 Å². The van der Waals surface area contributed by atoms with E-state index in [1.165, 1.54) is 0 Å². The van der Waals surface area contributed by atoms with Gasteiger partial charge in [0, 0.05) is 6.20 Å². The molecule has 0 fully saturated rings. The van der Waals surface area contributed by atoms with Gasteiger partial charge in [0.05, 0.1) is 5.56 Å². The molecule has 19 heavy (non-hydrogen) atoms.